The molecule has 0 aliphatic heterocycles. The topological polar surface area (TPSA) is 143 Å². The predicted octanol–water partition coefficient (Wildman–Crippen LogP) is 11.9. The number of carboxylic acid groups (broad SMARTS) is 1. The lowest BCUT2D eigenvalue weighted by Crippen LogP contribution is -2.31. The van der Waals surface area contributed by atoms with Crippen molar-refractivity contribution in [3.63, 3.8) is 0 Å². The van der Waals surface area contributed by atoms with Gasteiger partial charge in [-0.3, -0.25) is 9.59 Å². The molecule has 7 aromatic rings. The highest BCUT2D eigenvalue weighted by molar-refractivity contribution is 5.94. The molecule has 0 saturated heterocycles. The van der Waals surface area contributed by atoms with Gasteiger partial charge in [0.2, 0.25) is 0 Å². The molecule has 2 atom stereocenters. The van der Waals surface area contributed by atoms with E-state index in [-0.39, 0.29) is 36.8 Å². The number of hydrogen-bond donors (Lipinski definition) is 4. The van der Waals surface area contributed by atoms with Crippen LogP contribution in [0.1, 0.15) is 97.6 Å². The van der Waals surface area contributed by atoms with Crippen molar-refractivity contribution in [3.05, 3.63) is 161 Å². The fraction of sp³-hybridized carbons (Fsp3) is 0.308. The number of carboxylic acids is 1. The van der Waals surface area contributed by atoms with E-state index in [1.165, 1.54) is 0 Å². The van der Waals surface area contributed by atoms with Gasteiger partial charge in [0.1, 0.15) is 53.0 Å². The first kappa shape index (κ1) is 45.0. The summed E-state index contributed by atoms with van der Waals surface area (Å²) < 4.78 is 24.3. The van der Waals surface area contributed by atoms with Gasteiger partial charge in [-0.05, 0) is 104 Å². The quantitative estimate of drug-likeness (QED) is 0.0704. The Labute approximate surface area is 363 Å². The lowest BCUT2D eigenvalue weighted by molar-refractivity contribution is -0.136. The van der Waals surface area contributed by atoms with E-state index < -0.39 is 11.6 Å². The molecule has 324 valence electrons. The van der Waals surface area contributed by atoms with Gasteiger partial charge in [-0.1, -0.05) is 95.3 Å². The van der Waals surface area contributed by atoms with Crippen LogP contribution in [0, 0.1) is 25.7 Å². The molecule has 0 aliphatic rings. The Morgan fingerprint density at radius 3 is 1.74 bits per heavy atom. The third-order valence-corrected chi connectivity index (χ3v) is 11.3. The van der Waals surface area contributed by atoms with Gasteiger partial charge in [0, 0.05) is 39.7 Å². The van der Waals surface area contributed by atoms with Gasteiger partial charge in [-0.25, -0.2) is 0 Å². The number of fused-ring (bicyclic) bond motifs is 2. The smallest absolute Gasteiger partial charge is 0.305 e. The van der Waals surface area contributed by atoms with E-state index in [2.05, 4.69) is 31.4 Å². The Morgan fingerprint density at radius 2 is 1.24 bits per heavy atom. The van der Waals surface area contributed by atoms with E-state index in [1.54, 1.807) is 12.1 Å². The molecule has 0 saturated carbocycles. The van der Waals surface area contributed by atoms with Gasteiger partial charge in [-0.15, -0.1) is 0 Å². The number of hydrogen-bond acceptors (Lipinski definition) is 8. The highest BCUT2D eigenvalue weighted by atomic mass is 16.5. The van der Waals surface area contributed by atoms with Gasteiger partial charge < -0.3 is 39.2 Å². The molecule has 7 rings (SSSR count). The first-order chi connectivity index (χ1) is 29.8. The van der Waals surface area contributed by atoms with Gasteiger partial charge in [0.05, 0.1) is 12.5 Å². The minimum atomic E-state index is -0.950. The molecule has 2 heterocycles. The lowest BCUT2D eigenvalue weighted by Gasteiger charge is -2.29. The number of carbonyl (C=O) groups excluding carboxylic acids is 1. The summed E-state index contributed by atoms with van der Waals surface area (Å²) in [4.78, 5) is 22.9. The number of rotatable bonds is 17. The van der Waals surface area contributed by atoms with Crippen LogP contribution in [-0.2, 0) is 23.6 Å². The van der Waals surface area contributed by atoms with E-state index >= 15 is 0 Å². The summed E-state index contributed by atoms with van der Waals surface area (Å²) >= 11 is 0. The number of nitrogens with one attached hydrogen (secondary N) is 2. The number of amides is 1. The van der Waals surface area contributed by atoms with Crippen LogP contribution in [0.4, 0.5) is 5.69 Å². The number of ether oxygens (including phenoxy) is 2. The van der Waals surface area contributed by atoms with Crippen LogP contribution in [-0.4, -0.2) is 28.6 Å². The zero-order chi connectivity index (χ0) is 44.4. The van der Waals surface area contributed by atoms with Crippen molar-refractivity contribution in [1.29, 1.82) is 0 Å². The highest BCUT2D eigenvalue weighted by Crippen LogP contribution is 2.41. The largest absolute Gasteiger partial charge is 0.489 e. The third kappa shape index (κ3) is 10.9. The van der Waals surface area contributed by atoms with Crippen molar-refractivity contribution in [2.75, 3.05) is 11.9 Å². The molecule has 5 aromatic carbocycles. The van der Waals surface area contributed by atoms with E-state index in [9.17, 15) is 14.7 Å². The average Bonchev–Trinajstić information content (AvgIpc) is 3.79. The Bertz CT molecular complexity index is 2560. The minimum absolute atomic E-state index is 0.0746. The Kier molecular flexibility index (Phi) is 14.8. The van der Waals surface area contributed by atoms with Crippen molar-refractivity contribution in [1.82, 2.24) is 5.32 Å². The monoisotopic (exact) mass is 838 g/mol. The van der Waals surface area contributed by atoms with Gasteiger partial charge in [0.25, 0.3) is 5.91 Å². The SMILES string of the molecule is CCC(O)(c1oc2ccc(OCc3ccccc3)cc2c1C)C(C)C.Cc1c(C(Nc2ccc(C(=O)NCCC(=O)O)cc2)C(C)C)oc2ccc(OCc3ccccc3)cc12. The second-order valence-electron chi connectivity index (χ2n) is 16.3. The van der Waals surface area contributed by atoms with Crippen molar-refractivity contribution in [3.8, 4) is 11.5 Å². The molecule has 0 radical (unpaired) electrons. The summed E-state index contributed by atoms with van der Waals surface area (Å²) in [5.74, 6) is 2.18. The molecule has 2 aromatic heterocycles. The molecule has 4 N–H and O–H groups in total. The van der Waals surface area contributed by atoms with Gasteiger partial charge >= 0.3 is 5.97 Å². The van der Waals surface area contributed by atoms with Crippen LogP contribution in [0.3, 0.4) is 0 Å². The maximum atomic E-state index is 12.2. The number of benzene rings is 5. The predicted molar refractivity (Wildman–Crippen MR) is 245 cm³/mol. The summed E-state index contributed by atoms with van der Waals surface area (Å²) in [5.41, 5.74) is 6.25. The van der Waals surface area contributed by atoms with Crippen LogP contribution in [0.25, 0.3) is 21.9 Å². The number of aliphatic hydroxyl groups is 1. The molecular weight excluding hydrogens is 781 g/mol. The number of aryl methyl sites for hydroxylation is 2. The van der Waals surface area contributed by atoms with Crippen LogP contribution in [0.2, 0.25) is 0 Å². The second-order valence-corrected chi connectivity index (χ2v) is 16.3. The molecule has 1 amide bonds. The molecule has 0 aliphatic carbocycles. The molecule has 0 bridgehead atoms. The van der Waals surface area contributed by atoms with Crippen LogP contribution < -0.4 is 20.1 Å². The van der Waals surface area contributed by atoms with E-state index in [0.717, 1.165) is 67.1 Å². The summed E-state index contributed by atoms with van der Waals surface area (Å²) in [6.07, 6.45) is 0.502. The number of furan rings is 2. The van der Waals surface area contributed by atoms with Gasteiger partial charge in [0.15, 0.2) is 0 Å². The third-order valence-electron chi connectivity index (χ3n) is 11.3. The van der Waals surface area contributed by atoms with Crippen molar-refractivity contribution >= 4 is 39.5 Å². The molecule has 62 heavy (non-hydrogen) atoms. The number of carbonyl (C=O) groups is 2. The lowest BCUT2D eigenvalue weighted by atomic mass is 9.83. The first-order valence-electron chi connectivity index (χ1n) is 21.3. The van der Waals surface area contributed by atoms with E-state index in [0.29, 0.717) is 31.0 Å². The maximum Gasteiger partial charge on any atom is 0.305 e. The fourth-order valence-electron chi connectivity index (χ4n) is 7.44. The molecule has 0 spiro atoms. The van der Waals surface area contributed by atoms with Crippen LogP contribution in [0.15, 0.2) is 130 Å². The Morgan fingerprint density at radius 1 is 0.710 bits per heavy atom. The van der Waals surface area contributed by atoms with E-state index in [4.69, 9.17) is 23.4 Å². The number of anilines is 1. The summed E-state index contributed by atoms with van der Waals surface area (Å²) in [7, 11) is 0. The fourth-order valence-corrected chi connectivity index (χ4v) is 7.44. The van der Waals surface area contributed by atoms with Crippen molar-refractivity contribution in [2.24, 2.45) is 11.8 Å². The Balaban J connectivity index is 0.000000223. The molecule has 0 fully saturated rings. The zero-order valence-corrected chi connectivity index (χ0v) is 36.7. The summed E-state index contributed by atoms with van der Waals surface area (Å²) in [5, 5.41) is 27.9. The average molecular weight is 839 g/mol. The first-order valence-corrected chi connectivity index (χ1v) is 21.3. The van der Waals surface area contributed by atoms with Gasteiger partial charge in [-0.2, -0.15) is 0 Å². The molecule has 2 unspecified atom stereocenters. The number of aliphatic carboxylic acids is 1. The molecule has 10 heteroatoms. The zero-order valence-electron chi connectivity index (χ0n) is 36.7. The van der Waals surface area contributed by atoms with E-state index in [1.807, 2.05) is 137 Å². The molecule has 10 nitrogen and oxygen atoms in total. The van der Waals surface area contributed by atoms with Crippen molar-refractivity contribution in [2.45, 2.75) is 86.2 Å². The minimum Gasteiger partial charge on any atom is -0.489 e. The maximum absolute atomic E-state index is 12.2. The normalized spacial score (nSPS) is 12.7. The Hall–Kier alpha value is -6.52. The highest BCUT2D eigenvalue weighted by Gasteiger charge is 2.37. The van der Waals surface area contributed by atoms with Crippen LogP contribution >= 0.6 is 0 Å². The second kappa shape index (κ2) is 20.4. The van der Waals surface area contributed by atoms with Crippen LogP contribution in [0.5, 0.6) is 11.5 Å². The standard InChI is InChI=1S/C30H32N2O5.C22H26O3/c1-19(2)28(32-23-11-9-22(10-12-23)30(35)31-16-15-27(33)34)29-20(3)25-17-24(13-14-26(25)37-29)36-18-21-7-5-4-6-8-21;1-5-22(23,15(2)3)21-16(4)19-13-18(11-12-20(19)25-21)24-14-17-9-7-6-8-10-17/h4-14,17,19,28,32H,15-16,18H2,1-3H3,(H,31,35)(H,33,34);6-13,15,23H,5,14H2,1-4H3. The van der Waals surface area contributed by atoms with Crippen molar-refractivity contribution < 1.29 is 38.1 Å². The summed E-state index contributed by atoms with van der Waals surface area (Å²) in [6.45, 7) is 15.5. The summed E-state index contributed by atoms with van der Waals surface area (Å²) in [6, 6.07) is 38.9. The molecular formula is C52H58N2O8.